The van der Waals surface area contributed by atoms with Crippen molar-refractivity contribution >= 4 is 5.95 Å². The summed E-state index contributed by atoms with van der Waals surface area (Å²) in [7, 11) is 0. The van der Waals surface area contributed by atoms with Gasteiger partial charge in [-0.15, -0.1) is 0 Å². The fourth-order valence-electron chi connectivity index (χ4n) is 1.72. The fourth-order valence-corrected chi connectivity index (χ4v) is 1.72. The van der Waals surface area contributed by atoms with Crippen molar-refractivity contribution in [3.63, 3.8) is 0 Å². The normalized spacial score (nSPS) is 22.4. The van der Waals surface area contributed by atoms with Crippen molar-refractivity contribution in [3.8, 4) is 0 Å². The standard InChI is InChI=1S/C10H15N3O/c1-8-4-5-11-10(12-8)13-6-2-3-9(14)7-13/h4-5,9,14H,2-3,6-7H2,1H3. The van der Waals surface area contributed by atoms with Gasteiger partial charge in [0, 0.05) is 25.0 Å². The molecule has 14 heavy (non-hydrogen) atoms. The molecule has 0 aliphatic carbocycles. The summed E-state index contributed by atoms with van der Waals surface area (Å²) in [4.78, 5) is 10.6. The zero-order valence-corrected chi connectivity index (χ0v) is 8.35. The van der Waals surface area contributed by atoms with E-state index in [0.717, 1.165) is 31.0 Å². The van der Waals surface area contributed by atoms with Crippen molar-refractivity contribution in [3.05, 3.63) is 18.0 Å². The van der Waals surface area contributed by atoms with E-state index < -0.39 is 0 Å². The Kier molecular flexibility index (Phi) is 2.63. The molecule has 4 heteroatoms. The molecular weight excluding hydrogens is 178 g/mol. The third-order valence-electron chi connectivity index (χ3n) is 2.46. The Morgan fingerprint density at radius 3 is 3.14 bits per heavy atom. The summed E-state index contributed by atoms with van der Waals surface area (Å²) in [6.45, 7) is 3.55. The maximum absolute atomic E-state index is 9.51. The molecule has 1 aliphatic heterocycles. The van der Waals surface area contributed by atoms with E-state index in [4.69, 9.17) is 0 Å². The molecule has 1 unspecified atom stereocenters. The van der Waals surface area contributed by atoms with Gasteiger partial charge in [0.25, 0.3) is 0 Å². The van der Waals surface area contributed by atoms with Gasteiger partial charge < -0.3 is 10.0 Å². The lowest BCUT2D eigenvalue weighted by atomic mass is 10.1. The van der Waals surface area contributed by atoms with Crippen LogP contribution in [-0.4, -0.2) is 34.3 Å². The highest BCUT2D eigenvalue weighted by Crippen LogP contribution is 2.15. The molecule has 2 rings (SSSR count). The topological polar surface area (TPSA) is 49.2 Å². The lowest BCUT2D eigenvalue weighted by molar-refractivity contribution is 0.153. The number of piperidine rings is 1. The lowest BCUT2D eigenvalue weighted by Gasteiger charge is -2.29. The number of hydrogen-bond donors (Lipinski definition) is 1. The van der Waals surface area contributed by atoms with E-state index in [1.54, 1.807) is 6.20 Å². The zero-order chi connectivity index (χ0) is 9.97. The van der Waals surface area contributed by atoms with Gasteiger partial charge >= 0.3 is 0 Å². The summed E-state index contributed by atoms with van der Waals surface area (Å²) in [5, 5.41) is 9.51. The van der Waals surface area contributed by atoms with Crippen molar-refractivity contribution in [1.82, 2.24) is 9.97 Å². The molecule has 0 aromatic carbocycles. The number of aliphatic hydroxyl groups excluding tert-OH is 1. The molecule has 1 saturated heterocycles. The number of rotatable bonds is 1. The van der Waals surface area contributed by atoms with Gasteiger partial charge in [0.05, 0.1) is 6.10 Å². The highest BCUT2D eigenvalue weighted by molar-refractivity contribution is 5.30. The van der Waals surface area contributed by atoms with Crippen LogP contribution in [0.5, 0.6) is 0 Å². The first-order valence-corrected chi connectivity index (χ1v) is 4.98. The monoisotopic (exact) mass is 193 g/mol. The summed E-state index contributed by atoms with van der Waals surface area (Å²) < 4.78 is 0. The minimum Gasteiger partial charge on any atom is -0.391 e. The maximum atomic E-state index is 9.51. The fraction of sp³-hybridized carbons (Fsp3) is 0.600. The first-order chi connectivity index (χ1) is 6.75. The van der Waals surface area contributed by atoms with E-state index in [1.807, 2.05) is 17.9 Å². The first kappa shape index (κ1) is 9.40. The Morgan fingerprint density at radius 1 is 1.57 bits per heavy atom. The number of nitrogens with zero attached hydrogens (tertiary/aromatic N) is 3. The molecule has 1 aromatic rings. The van der Waals surface area contributed by atoms with Gasteiger partial charge in [-0.1, -0.05) is 0 Å². The van der Waals surface area contributed by atoms with E-state index in [9.17, 15) is 5.11 Å². The molecule has 1 atom stereocenters. The lowest BCUT2D eigenvalue weighted by Crippen LogP contribution is -2.39. The molecule has 1 aromatic heterocycles. The molecule has 2 heterocycles. The number of aromatic nitrogens is 2. The second-order valence-electron chi connectivity index (χ2n) is 3.74. The van der Waals surface area contributed by atoms with E-state index in [1.165, 1.54) is 0 Å². The van der Waals surface area contributed by atoms with Crippen LogP contribution in [0.1, 0.15) is 18.5 Å². The molecular formula is C10H15N3O. The van der Waals surface area contributed by atoms with Gasteiger partial charge in [0.1, 0.15) is 0 Å². The van der Waals surface area contributed by atoms with Crippen LogP contribution < -0.4 is 4.90 Å². The minimum atomic E-state index is -0.229. The minimum absolute atomic E-state index is 0.229. The third kappa shape index (κ3) is 2.01. The third-order valence-corrected chi connectivity index (χ3v) is 2.46. The largest absolute Gasteiger partial charge is 0.391 e. The van der Waals surface area contributed by atoms with Crippen molar-refractivity contribution in [1.29, 1.82) is 0 Å². The van der Waals surface area contributed by atoms with Crippen LogP contribution in [0.3, 0.4) is 0 Å². The molecule has 0 amide bonds. The van der Waals surface area contributed by atoms with Gasteiger partial charge in [-0.2, -0.15) is 0 Å². The molecule has 1 fully saturated rings. The van der Waals surface area contributed by atoms with Gasteiger partial charge in [-0.25, -0.2) is 9.97 Å². The van der Waals surface area contributed by atoms with Crippen molar-refractivity contribution < 1.29 is 5.11 Å². The van der Waals surface area contributed by atoms with E-state index in [0.29, 0.717) is 6.54 Å². The van der Waals surface area contributed by atoms with E-state index in [2.05, 4.69) is 9.97 Å². The molecule has 4 nitrogen and oxygen atoms in total. The quantitative estimate of drug-likeness (QED) is 0.715. The summed E-state index contributed by atoms with van der Waals surface area (Å²) in [5.41, 5.74) is 0.968. The molecule has 0 saturated carbocycles. The molecule has 1 aliphatic rings. The molecule has 76 valence electrons. The number of aryl methyl sites for hydroxylation is 1. The summed E-state index contributed by atoms with van der Waals surface area (Å²) >= 11 is 0. The maximum Gasteiger partial charge on any atom is 0.225 e. The molecule has 0 bridgehead atoms. The van der Waals surface area contributed by atoms with Gasteiger partial charge in [-0.3, -0.25) is 0 Å². The van der Waals surface area contributed by atoms with Crippen LogP contribution >= 0.6 is 0 Å². The summed E-state index contributed by atoms with van der Waals surface area (Å²) in [6.07, 6.45) is 3.44. The Morgan fingerprint density at radius 2 is 2.43 bits per heavy atom. The average molecular weight is 193 g/mol. The van der Waals surface area contributed by atoms with Gasteiger partial charge in [-0.05, 0) is 25.8 Å². The number of aliphatic hydroxyl groups is 1. The predicted octanol–water partition coefficient (Wildman–Crippen LogP) is 0.746. The van der Waals surface area contributed by atoms with Crippen LogP contribution in [0.25, 0.3) is 0 Å². The van der Waals surface area contributed by atoms with Gasteiger partial charge in [0.2, 0.25) is 5.95 Å². The van der Waals surface area contributed by atoms with Crippen molar-refractivity contribution in [2.75, 3.05) is 18.0 Å². The van der Waals surface area contributed by atoms with Crippen LogP contribution in [0.4, 0.5) is 5.95 Å². The van der Waals surface area contributed by atoms with E-state index in [-0.39, 0.29) is 6.10 Å². The van der Waals surface area contributed by atoms with Crippen molar-refractivity contribution in [2.45, 2.75) is 25.9 Å². The second kappa shape index (κ2) is 3.92. The Labute approximate surface area is 83.6 Å². The average Bonchev–Trinajstić information content (AvgIpc) is 2.18. The van der Waals surface area contributed by atoms with Crippen molar-refractivity contribution in [2.24, 2.45) is 0 Å². The Bertz CT molecular complexity index is 316. The summed E-state index contributed by atoms with van der Waals surface area (Å²) in [6, 6.07) is 1.88. The van der Waals surface area contributed by atoms with E-state index >= 15 is 0 Å². The Balaban J connectivity index is 2.14. The highest BCUT2D eigenvalue weighted by Gasteiger charge is 2.19. The number of anilines is 1. The van der Waals surface area contributed by atoms with Gasteiger partial charge in [0.15, 0.2) is 0 Å². The molecule has 0 spiro atoms. The smallest absolute Gasteiger partial charge is 0.225 e. The Hall–Kier alpha value is -1.16. The van der Waals surface area contributed by atoms with Crippen LogP contribution in [0.2, 0.25) is 0 Å². The molecule has 0 radical (unpaired) electrons. The SMILES string of the molecule is Cc1ccnc(N2CCCC(O)C2)n1. The number of β-amino-alcohol motifs (C(OH)–C–C–N with tert-alkyl or cyclic N) is 1. The predicted molar refractivity (Wildman–Crippen MR) is 54.2 cm³/mol. The van der Waals surface area contributed by atoms with Crippen LogP contribution in [0.15, 0.2) is 12.3 Å². The zero-order valence-electron chi connectivity index (χ0n) is 8.35. The first-order valence-electron chi connectivity index (χ1n) is 4.98. The van der Waals surface area contributed by atoms with Crippen LogP contribution in [0, 0.1) is 6.92 Å². The second-order valence-corrected chi connectivity index (χ2v) is 3.74. The summed E-state index contributed by atoms with van der Waals surface area (Å²) in [5.74, 6) is 0.740. The molecule has 1 N–H and O–H groups in total. The highest BCUT2D eigenvalue weighted by atomic mass is 16.3. The number of hydrogen-bond acceptors (Lipinski definition) is 4. The van der Waals surface area contributed by atoms with Crippen LogP contribution in [-0.2, 0) is 0 Å².